The van der Waals surface area contributed by atoms with Crippen LogP contribution in [0.1, 0.15) is 75.0 Å². The van der Waals surface area contributed by atoms with E-state index in [4.69, 9.17) is 4.74 Å². The number of aromatic nitrogens is 2. The van der Waals surface area contributed by atoms with Gasteiger partial charge in [-0.05, 0) is 61.5 Å². The molecule has 6 rings (SSSR count). The second-order valence-electron chi connectivity index (χ2n) is 11.9. The highest BCUT2D eigenvalue weighted by Crippen LogP contribution is 2.48. The Kier molecular flexibility index (Phi) is 8.07. The highest BCUT2D eigenvalue weighted by molar-refractivity contribution is 8.00. The van der Waals surface area contributed by atoms with Crippen molar-refractivity contribution in [3.8, 4) is 0 Å². The molecule has 2 N–H and O–H groups in total. The first-order chi connectivity index (χ1) is 18.8. The van der Waals surface area contributed by atoms with Gasteiger partial charge >= 0.3 is 11.9 Å². The zero-order valence-electron chi connectivity index (χ0n) is 22.6. The van der Waals surface area contributed by atoms with E-state index in [0.717, 1.165) is 57.5 Å². The first-order valence-corrected chi connectivity index (χ1v) is 15.5. The minimum absolute atomic E-state index is 0.0378. The molecule has 39 heavy (non-hydrogen) atoms. The molecule has 11 heteroatoms. The average Bonchev–Trinajstić information content (AvgIpc) is 3.54. The fourth-order valence-corrected chi connectivity index (χ4v) is 8.61. The van der Waals surface area contributed by atoms with Gasteiger partial charge in [0.15, 0.2) is 0 Å². The summed E-state index contributed by atoms with van der Waals surface area (Å²) in [6.45, 7) is 1.92. The van der Waals surface area contributed by atoms with Crippen molar-refractivity contribution in [3.63, 3.8) is 0 Å². The molecule has 0 aromatic carbocycles. The molecule has 2 aliphatic heterocycles. The summed E-state index contributed by atoms with van der Waals surface area (Å²) >= 11 is 1.92. The number of methoxy groups -OCH3 is 1. The van der Waals surface area contributed by atoms with Gasteiger partial charge in [-0.2, -0.15) is 13.2 Å². The smallest absolute Gasteiger partial charge is 0.381 e. The number of pyridine rings is 1. The molecule has 4 atom stereocenters. The zero-order valence-corrected chi connectivity index (χ0v) is 23.4. The van der Waals surface area contributed by atoms with Gasteiger partial charge in [-0.25, -0.2) is 15.6 Å². The lowest BCUT2D eigenvalue weighted by Gasteiger charge is -2.44. The molecule has 4 aliphatic rings. The van der Waals surface area contributed by atoms with Crippen LogP contribution in [0.25, 0.3) is 5.52 Å². The largest absolute Gasteiger partial charge is 0.418 e. The lowest BCUT2D eigenvalue weighted by atomic mass is 9.66. The third-order valence-corrected chi connectivity index (χ3v) is 10.8. The number of imidazole rings is 1. The zero-order chi connectivity index (χ0) is 27.1. The summed E-state index contributed by atoms with van der Waals surface area (Å²) in [6, 6.07) is 1.17. The van der Waals surface area contributed by atoms with Gasteiger partial charge in [-0.3, -0.25) is 13.9 Å². The molecule has 0 amide bonds. The van der Waals surface area contributed by atoms with Gasteiger partial charge < -0.3 is 4.74 Å². The molecule has 2 saturated carbocycles. The predicted molar refractivity (Wildman–Crippen MR) is 146 cm³/mol. The van der Waals surface area contributed by atoms with Crippen LogP contribution in [0, 0.1) is 17.8 Å². The summed E-state index contributed by atoms with van der Waals surface area (Å²) < 4.78 is 51.1. The Labute approximate surface area is 231 Å². The number of thioether (sulfide) groups is 1. The summed E-state index contributed by atoms with van der Waals surface area (Å²) in [4.78, 5) is 15.8. The molecule has 0 bridgehead atoms. The Hall–Kier alpha value is -1.53. The molecular formula is C28H40F3N5O2S. The Morgan fingerprint density at radius 2 is 1.82 bits per heavy atom. The van der Waals surface area contributed by atoms with E-state index in [-0.39, 0.29) is 23.4 Å². The summed E-state index contributed by atoms with van der Waals surface area (Å²) in [7, 11) is 1.70. The van der Waals surface area contributed by atoms with Crippen LogP contribution < -0.4 is 16.5 Å². The molecule has 3 unspecified atom stereocenters. The van der Waals surface area contributed by atoms with Crippen molar-refractivity contribution in [1.29, 1.82) is 0 Å². The second-order valence-corrected chi connectivity index (χ2v) is 13.1. The summed E-state index contributed by atoms with van der Waals surface area (Å²) in [5, 5.41) is 0.359. The van der Waals surface area contributed by atoms with Gasteiger partial charge in [-0.15, -0.1) is 11.8 Å². The number of hydrogen-bond donors (Lipinski definition) is 2. The van der Waals surface area contributed by atoms with Crippen LogP contribution in [0.5, 0.6) is 0 Å². The highest BCUT2D eigenvalue weighted by Gasteiger charge is 2.42. The van der Waals surface area contributed by atoms with Crippen molar-refractivity contribution in [2.45, 2.75) is 88.0 Å². The highest BCUT2D eigenvalue weighted by atomic mass is 32.2. The van der Waals surface area contributed by atoms with E-state index < -0.39 is 11.7 Å². The van der Waals surface area contributed by atoms with E-state index in [9.17, 15) is 18.0 Å². The number of fused-ring (bicyclic) bond motifs is 1. The number of halogens is 3. The molecule has 7 nitrogen and oxygen atoms in total. The molecule has 0 radical (unpaired) electrons. The second kappa shape index (κ2) is 11.4. The topological polar surface area (TPSA) is 62.9 Å². The van der Waals surface area contributed by atoms with Gasteiger partial charge in [0.1, 0.15) is 0 Å². The van der Waals surface area contributed by atoms with Crippen LogP contribution >= 0.6 is 11.8 Å². The third kappa shape index (κ3) is 5.66. The predicted octanol–water partition coefficient (Wildman–Crippen LogP) is 5.00. The number of hydrazine groups is 1. The maximum Gasteiger partial charge on any atom is 0.418 e. The quantitative estimate of drug-likeness (QED) is 0.491. The van der Waals surface area contributed by atoms with E-state index in [1.54, 1.807) is 17.9 Å². The summed E-state index contributed by atoms with van der Waals surface area (Å²) in [5.41, 5.74) is 6.14. The van der Waals surface area contributed by atoms with Gasteiger partial charge in [0.25, 0.3) is 0 Å². The maximum absolute atomic E-state index is 14.3. The number of rotatable bonds is 7. The van der Waals surface area contributed by atoms with Crippen LogP contribution in [-0.2, 0) is 17.5 Å². The Balaban J connectivity index is 1.28. The first kappa shape index (κ1) is 27.6. The first-order valence-electron chi connectivity index (χ1n) is 14.5. The number of alkyl halides is 3. The Bertz CT molecular complexity index is 1200. The van der Waals surface area contributed by atoms with E-state index >= 15 is 0 Å². The van der Waals surface area contributed by atoms with E-state index in [2.05, 4.69) is 15.8 Å². The number of likely N-dealkylation sites (tertiary alicyclic amines) is 1. The Morgan fingerprint density at radius 3 is 2.46 bits per heavy atom. The lowest BCUT2D eigenvalue weighted by molar-refractivity contribution is -0.136. The van der Waals surface area contributed by atoms with E-state index in [1.807, 2.05) is 11.8 Å². The molecule has 0 spiro atoms. The van der Waals surface area contributed by atoms with Crippen LogP contribution in [0.2, 0.25) is 0 Å². The fourth-order valence-electron chi connectivity index (χ4n) is 7.43. The molecular weight excluding hydrogens is 527 g/mol. The maximum atomic E-state index is 14.3. The number of piperidine rings is 1. The number of nitrogens with zero attached hydrogens (tertiary/aromatic N) is 3. The van der Waals surface area contributed by atoms with Crippen LogP contribution in [0.4, 0.5) is 13.2 Å². The van der Waals surface area contributed by atoms with Crippen molar-refractivity contribution in [3.05, 3.63) is 40.1 Å². The monoisotopic (exact) mass is 567 g/mol. The third-order valence-electron chi connectivity index (χ3n) is 9.68. The van der Waals surface area contributed by atoms with Crippen molar-refractivity contribution in [1.82, 2.24) is 24.7 Å². The molecule has 4 fully saturated rings. The van der Waals surface area contributed by atoms with Crippen LogP contribution in [0.15, 0.2) is 23.3 Å². The van der Waals surface area contributed by atoms with Crippen LogP contribution in [0.3, 0.4) is 0 Å². The molecule has 2 aromatic heterocycles. The van der Waals surface area contributed by atoms with Gasteiger partial charge in [-0.1, -0.05) is 25.7 Å². The normalized spacial score (nSPS) is 28.7. The van der Waals surface area contributed by atoms with Crippen molar-refractivity contribution in [2.24, 2.45) is 17.8 Å². The fraction of sp³-hybridized carbons (Fsp3) is 0.750. The minimum Gasteiger partial charge on any atom is -0.381 e. The SMILES string of the molecule is COC1CCN(Cc2cc(C(F)(F)F)c3cn(C4CCCC([C@@H](C5CCC5)C5NNCS5)C4)c(=O)n3c2)CC1. The van der Waals surface area contributed by atoms with Crippen molar-refractivity contribution < 1.29 is 17.9 Å². The summed E-state index contributed by atoms with van der Waals surface area (Å²) in [5.74, 6) is 2.56. The molecule has 216 valence electrons. The summed E-state index contributed by atoms with van der Waals surface area (Å²) in [6.07, 6.45) is 8.07. The minimum atomic E-state index is -4.54. The number of nitrogens with one attached hydrogen (secondary N) is 2. The van der Waals surface area contributed by atoms with Crippen molar-refractivity contribution >= 4 is 17.3 Å². The average molecular weight is 568 g/mol. The standard InChI is InChI=1S/C28H40F3N5O2S/c1-38-22-8-10-34(11-9-22)14-18-12-23(28(29,30)31)24-16-35(27(37)36(24)15-18)21-7-3-6-20(13-21)25(19-4-2-5-19)26-33-32-17-39-26/h12,15-16,19-22,25-26,32-33H,2-11,13-14,17H2,1H3/t20?,21?,25-,26?/m1/s1. The van der Waals surface area contributed by atoms with Crippen molar-refractivity contribution in [2.75, 3.05) is 26.1 Å². The van der Waals surface area contributed by atoms with Gasteiger partial charge in [0.2, 0.25) is 0 Å². The lowest BCUT2D eigenvalue weighted by Crippen LogP contribution is -2.45. The van der Waals surface area contributed by atoms with Gasteiger partial charge in [0.05, 0.1) is 28.4 Å². The van der Waals surface area contributed by atoms with E-state index in [1.165, 1.54) is 35.9 Å². The Morgan fingerprint density at radius 1 is 1.08 bits per heavy atom. The number of hydrogen-bond acceptors (Lipinski definition) is 6. The van der Waals surface area contributed by atoms with Crippen LogP contribution in [-0.4, -0.2) is 51.4 Å². The number of ether oxygens (including phenoxy) is 1. The molecule has 2 aromatic rings. The molecule has 2 aliphatic carbocycles. The van der Waals surface area contributed by atoms with E-state index in [0.29, 0.717) is 35.2 Å². The molecule has 2 saturated heterocycles. The van der Waals surface area contributed by atoms with Gasteiger partial charge in [0, 0.05) is 45.2 Å². The molecule has 4 heterocycles.